The molecule has 1 aromatic heterocycles. The molecule has 1 aliphatic rings. The Kier molecular flexibility index (Phi) is 17.0. The summed E-state index contributed by atoms with van der Waals surface area (Å²) in [7, 11) is 0. The van der Waals surface area contributed by atoms with Crippen LogP contribution in [0.15, 0.2) is 101 Å². The maximum absolute atomic E-state index is 6.19. The summed E-state index contributed by atoms with van der Waals surface area (Å²) in [5.41, 5.74) is 11.1. The molecular weight excluding hydrogens is 594 g/mol. The summed E-state index contributed by atoms with van der Waals surface area (Å²) in [5.74, 6) is 1.26. The Bertz CT molecular complexity index is 1410. The van der Waals surface area contributed by atoms with Crippen molar-refractivity contribution in [3.05, 3.63) is 102 Å². The zero-order valence-electron chi connectivity index (χ0n) is 29.2. The van der Waals surface area contributed by atoms with Crippen LogP contribution in [0.1, 0.15) is 95.2 Å². The van der Waals surface area contributed by atoms with Gasteiger partial charge in [0, 0.05) is 37.5 Å². The molecule has 0 amide bonds. The second kappa shape index (κ2) is 22.0. The number of nitrogens with one attached hydrogen (secondary N) is 1. The lowest BCUT2D eigenvalue weighted by Crippen LogP contribution is -2.36. The Hall–Kier alpha value is -3.78. The van der Waals surface area contributed by atoms with Crippen LogP contribution >= 0.6 is 0 Å². The van der Waals surface area contributed by atoms with Gasteiger partial charge in [-0.1, -0.05) is 144 Å². The van der Waals surface area contributed by atoms with Gasteiger partial charge in [0.05, 0.1) is 6.61 Å². The maximum Gasteiger partial charge on any atom is 0.324 e. The van der Waals surface area contributed by atoms with Gasteiger partial charge in [0.2, 0.25) is 0 Å². The lowest BCUT2D eigenvalue weighted by Gasteiger charge is -2.26. The van der Waals surface area contributed by atoms with Crippen molar-refractivity contribution in [3.8, 4) is 11.3 Å². The lowest BCUT2D eigenvalue weighted by atomic mass is 10.0. The van der Waals surface area contributed by atoms with E-state index in [4.69, 9.17) is 19.9 Å². The molecule has 0 bridgehead atoms. The molecule has 1 aliphatic heterocycles. The van der Waals surface area contributed by atoms with Gasteiger partial charge in [0.25, 0.3) is 0 Å². The van der Waals surface area contributed by atoms with E-state index in [2.05, 4.69) is 59.0 Å². The summed E-state index contributed by atoms with van der Waals surface area (Å²) in [6, 6.07) is 20.7. The standard InChI is InChI=1S/C41H57N5O2/c1-3-4-27-39(45-41-44-37(32-42)40(48-41)36-25-19-16-20-26-36)43-38(34(2)35-23-17-15-18-24-35)33-46-28-21-13-11-9-7-5-6-8-10-12-14-22-30-47-31-29-46/h3-4,15-20,23-27H,1,5-14,21-22,28-33,42H2,2H3,(H,43,44,45)/b27-4-,38-34+. The van der Waals surface area contributed by atoms with Gasteiger partial charge in [-0.2, -0.15) is 9.98 Å². The van der Waals surface area contributed by atoms with Gasteiger partial charge >= 0.3 is 6.01 Å². The Morgan fingerprint density at radius 3 is 2.12 bits per heavy atom. The number of rotatable bonds is 9. The van der Waals surface area contributed by atoms with Crippen molar-refractivity contribution >= 4 is 17.4 Å². The van der Waals surface area contributed by atoms with Crippen LogP contribution in [0.5, 0.6) is 0 Å². The topological polar surface area (TPSA) is 88.9 Å². The van der Waals surface area contributed by atoms with Gasteiger partial charge in [-0.3, -0.25) is 4.90 Å². The molecule has 0 unspecified atom stereocenters. The molecule has 2 heterocycles. The SMILES string of the molecule is C=C/C=C\C(=N/c1nc(CN)c(-c2ccccc2)o1)N/C(CN1CCCCCCCCCCCCCCOCC1)=C(\C)c1ccccc1. The van der Waals surface area contributed by atoms with Crippen molar-refractivity contribution in [2.24, 2.45) is 10.7 Å². The first-order valence-corrected chi connectivity index (χ1v) is 18.1. The van der Waals surface area contributed by atoms with Gasteiger partial charge in [-0.15, -0.1) is 0 Å². The number of benzene rings is 2. The zero-order chi connectivity index (χ0) is 33.7. The Morgan fingerprint density at radius 1 is 0.854 bits per heavy atom. The summed E-state index contributed by atoms with van der Waals surface area (Å²) < 4.78 is 12.3. The predicted molar refractivity (Wildman–Crippen MR) is 201 cm³/mol. The predicted octanol–water partition coefficient (Wildman–Crippen LogP) is 9.61. The fraction of sp³-hybridized carbons (Fsp3) is 0.463. The fourth-order valence-corrected chi connectivity index (χ4v) is 6.07. The molecule has 0 atom stereocenters. The number of aliphatic imine (C=N–C) groups is 1. The summed E-state index contributed by atoms with van der Waals surface area (Å²) >= 11 is 0. The minimum Gasteiger partial charge on any atom is -0.422 e. The van der Waals surface area contributed by atoms with Crippen molar-refractivity contribution in [1.29, 1.82) is 0 Å². The van der Waals surface area contributed by atoms with Crippen molar-refractivity contribution in [3.63, 3.8) is 0 Å². The van der Waals surface area contributed by atoms with Gasteiger partial charge in [0.1, 0.15) is 11.5 Å². The third-order valence-corrected chi connectivity index (χ3v) is 8.91. The third-order valence-electron chi connectivity index (χ3n) is 8.91. The molecule has 7 heteroatoms. The average Bonchev–Trinajstić information content (AvgIpc) is 3.54. The largest absolute Gasteiger partial charge is 0.422 e. The summed E-state index contributed by atoms with van der Waals surface area (Å²) in [5, 5.41) is 3.68. The minimum absolute atomic E-state index is 0.254. The van der Waals surface area contributed by atoms with Crippen LogP contribution in [0, 0.1) is 0 Å². The second-order valence-corrected chi connectivity index (χ2v) is 12.7. The van der Waals surface area contributed by atoms with E-state index in [1.54, 1.807) is 6.08 Å². The highest BCUT2D eigenvalue weighted by atomic mass is 16.5. The highest BCUT2D eigenvalue weighted by molar-refractivity contribution is 5.96. The maximum atomic E-state index is 6.19. The molecule has 3 aromatic rings. The van der Waals surface area contributed by atoms with Crippen molar-refractivity contribution in [1.82, 2.24) is 15.2 Å². The molecule has 258 valence electrons. The van der Waals surface area contributed by atoms with Crippen LogP contribution in [0.3, 0.4) is 0 Å². The van der Waals surface area contributed by atoms with Crippen LogP contribution in [-0.2, 0) is 11.3 Å². The molecule has 0 aliphatic carbocycles. The number of hydrogen-bond acceptors (Lipinski definition) is 6. The molecule has 1 fully saturated rings. The Balaban J connectivity index is 1.59. The number of allylic oxidation sites excluding steroid dienone is 3. The van der Waals surface area contributed by atoms with Gasteiger partial charge in [-0.25, -0.2) is 0 Å². The third kappa shape index (κ3) is 13.0. The van der Waals surface area contributed by atoms with E-state index in [0.717, 1.165) is 61.7 Å². The van der Waals surface area contributed by atoms with Crippen molar-refractivity contribution in [2.45, 2.75) is 90.5 Å². The fourth-order valence-electron chi connectivity index (χ4n) is 6.07. The summed E-state index contributed by atoms with van der Waals surface area (Å²) in [4.78, 5) is 12.0. The molecule has 1 saturated heterocycles. The van der Waals surface area contributed by atoms with Crippen molar-refractivity contribution in [2.75, 3.05) is 32.8 Å². The van der Waals surface area contributed by atoms with E-state index in [1.165, 1.54) is 70.6 Å². The number of aromatic nitrogens is 1. The van der Waals surface area contributed by atoms with E-state index in [0.29, 0.717) is 17.3 Å². The molecule has 4 rings (SSSR count). The number of nitrogens with two attached hydrogens (primary N) is 1. The van der Waals surface area contributed by atoms with Gasteiger partial charge < -0.3 is 20.2 Å². The molecule has 48 heavy (non-hydrogen) atoms. The first kappa shape index (κ1) is 37.0. The first-order chi connectivity index (χ1) is 23.7. The molecule has 0 spiro atoms. The van der Waals surface area contributed by atoms with Crippen LogP contribution in [-0.4, -0.2) is 48.6 Å². The lowest BCUT2D eigenvalue weighted by molar-refractivity contribution is 0.102. The molecule has 0 radical (unpaired) electrons. The number of nitrogens with zero attached hydrogens (tertiary/aromatic N) is 3. The number of amidine groups is 1. The van der Waals surface area contributed by atoms with Gasteiger partial charge in [0.15, 0.2) is 5.76 Å². The molecular formula is C41H57N5O2. The van der Waals surface area contributed by atoms with Crippen LogP contribution in [0.25, 0.3) is 16.9 Å². The molecule has 3 N–H and O–H groups in total. The smallest absolute Gasteiger partial charge is 0.324 e. The van der Waals surface area contributed by atoms with E-state index in [-0.39, 0.29) is 12.6 Å². The second-order valence-electron chi connectivity index (χ2n) is 12.7. The van der Waals surface area contributed by atoms with E-state index in [9.17, 15) is 0 Å². The van der Waals surface area contributed by atoms with E-state index < -0.39 is 0 Å². The van der Waals surface area contributed by atoms with Gasteiger partial charge in [-0.05, 0) is 43.5 Å². The zero-order valence-corrected chi connectivity index (χ0v) is 29.2. The normalized spacial score (nSPS) is 17.8. The Morgan fingerprint density at radius 2 is 1.48 bits per heavy atom. The number of hydrogen-bond donors (Lipinski definition) is 2. The first-order valence-electron chi connectivity index (χ1n) is 18.1. The molecule has 7 nitrogen and oxygen atoms in total. The van der Waals surface area contributed by atoms with Crippen LogP contribution in [0.2, 0.25) is 0 Å². The highest BCUT2D eigenvalue weighted by Crippen LogP contribution is 2.28. The molecule has 0 saturated carbocycles. The quantitative estimate of drug-likeness (QED) is 0.136. The molecule has 2 aromatic carbocycles. The Labute approximate surface area is 289 Å². The highest BCUT2D eigenvalue weighted by Gasteiger charge is 2.17. The van der Waals surface area contributed by atoms with Crippen LogP contribution in [0.4, 0.5) is 6.01 Å². The summed E-state index contributed by atoms with van der Waals surface area (Å²) in [6.07, 6.45) is 21.2. The van der Waals surface area contributed by atoms with Crippen molar-refractivity contribution < 1.29 is 9.15 Å². The number of oxazole rings is 1. The van der Waals surface area contributed by atoms with Crippen LogP contribution < -0.4 is 11.1 Å². The monoisotopic (exact) mass is 651 g/mol. The summed E-state index contributed by atoms with van der Waals surface area (Å²) in [6.45, 7) is 10.5. The van der Waals surface area contributed by atoms with E-state index >= 15 is 0 Å². The number of ether oxygens (including phenoxy) is 1. The minimum atomic E-state index is 0.254. The average molecular weight is 652 g/mol. The van der Waals surface area contributed by atoms with E-state index in [1.807, 2.05) is 42.5 Å².